The van der Waals surface area contributed by atoms with E-state index < -0.39 is 5.97 Å². The molecule has 1 amide bonds. The third-order valence-electron chi connectivity index (χ3n) is 2.69. The third-order valence-corrected chi connectivity index (χ3v) is 3.04. The Labute approximate surface area is 111 Å². The van der Waals surface area contributed by atoms with Crippen LogP contribution >= 0.6 is 12.6 Å². The van der Waals surface area contributed by atoms with Crippen LogP contribution in [0.25, 0.3) is 0 Å². The molecule has 1 atom stereocenters. The highest BCUT2D eigenvalue weighted by molar-refractivity contribution is 7.81. The minimum Gasteiger partial charge on any atom is -0.462 e. The van der Waals surface area contributed by atoms with Gasteiger partial charge in [-0.2, -0.15) is 12.6 Å². The molecule has 1 saturated heterocycles. The zero-order valence-corrected chi connectivity index (χ0v) is 10.9. The van der Waals surface area contributed by atoms with E-state index in [0.717, 1.165) is 0 Å². The van der Waals surface area contributed by atoms with Gasteiger partial charge in [-0.3, -0.25) is 9.78 Å². The van der Waals surface area contributed by atoms with Crippen LogP contribution in [0.3, 0.4) is 0 Å². The van der Waals surface area contributed by atoms with Gasteiger partial charge in [-0.05, 0) is 13.0 Å². The molecule has 1 aliphatic rings. The first kappa shape index (κ1) is 12.9. The molecule has 0 aliphatic carbocycles. The number of ether oxygens (including phenoxy) is 1. The fourth-order valence-corrected chi connectivity index (χ4v) is 2.22. The predicted octanol–water partition coefficient (Wildman–Crippen LogP) is 1.29. The smallest absolute Gasteiger partial charge is 0.340 e. The summed E-state index contributed by atoms with van der Waals surface area (Å²) in [6.07, 6.45) is 3.39. The van der Waals surface area contributed by atoms with E-state index in [2.05, 4.69) is 17.6 Å². The molecule has 0 saturated carbocycles. The van der Waals surface area contributed by atoms with Crippen molar-refractivity contribution in [3.05, 3.63) is 24.0 Å². The molecular weight excluding hydrogens is 252 g/mol. The first-order valence-electron chi connectivity index (χ1n) is 5.73. The number of nitrogens with zero attached hydrogens (tertiary/aromatic N) is 2. The molecule has 1 aromatic rings. The second kappa shape index (κ2) is 5.39. The van der Waals surface area contributed by atoms with Crippen LogP contribution in [0.15, 0.2) is 18.5 Å². The van der Waals surface area contributed by atoms with Crippen LogP contribution < -0.4 is 4.90 Å². The average Bonchev–Trinajstić information content (AvgIpc) is 2.69. The van der Waals surface area contributed by atoms with E-state index in [1.807, 2.05) is 0 Å². The van der Waals surface area contributed by atoms with E-state index in [9.17, 15) is 9.59 Å². The summed E-state index contributed by atoms with van der Waals surface area (Å²) in [5, 5.41) is -0.00671. The Morgan fingerprint density at radius 2 is 2.44 bits per heavy atom. The normalized spacial score (nSPS) is 19.1. The molecule has 1 aromatic heterocycles. The van der Waals surface area contributed by atoms with Crippen LogP contribution in [0.4, 0.5) is 5.69 Å². The van der Waals surface area contributed by atoms with Crippen LogP contribution in [-0.4, -0.2) is 35.3 Å². The van der Waals surface area contributed by atoms with Crippen molar-refractivity contribution in [2.24, 2.45) is 0 Å². The molecule has 0 spiro atoms. The summed E-state index contributed by atoms with van der Waals surface area (Å²) in [7, 11) is 0. The summed E-state index contributed by atoms with van der Waals surface area (Å²) < 4.78 is 4.97. The van der Waals surface area contributed by atoms with Crippen molar-refractivity contribution in [2.75, 3.05) is 18.1 Å². The molecule has 0 aromatic carbocycles. The molecule has 1 fully saturated rings. The van der Waals surface area contributed by atoms with Gasteiger partial charge >= 0.3 is 5.97 Å². The summed E-state index contributed by atoms with van der Waals surface area (Å²) in [4.78, 5) is 29.1. The SMILES string of the molecule is CCOC(=O)c1ccncc1N1CC(S)CC1=O. The number of anilines is 1. The second-order valence-corrected chi connectivity index (χ2v) is 4.71. The topological polar surface area (TPSA) is 59.5 Å². The summed E-state index contributed by atoms with van der Waals surface area (Å²) in [6, 6.07) is 1.56. The van der Waals surface area contributed by atoms with Crippen LogP contribution in [0.2, 0.25) is 0 Å². The molecule has 2 rings (SSSR count). The Hall–Kier alpha value is -1.56. The molecule has 0 radical (unpaired) electrons. The Morgan fingerprint density at radius 1 is 1.67 bits per heavy atom. The molecule has 2 heterocycles. The van der Waals surface area contributed by atoms with E-state index in [1.54, 1.807) is 13.0 Å². The molecule has 18 heavy (non-hydrogen) atoms. The highest BCUT2D eigenvalue weighted by Crippen LogP contribution is 2.27. The maximum Gasteiger partial charge on any atom is 0.340 e. The number of carbonyl (C=O) groups excluding carboxylic acids is 2. The number of thiol groups is 1. The molecule has 1 unspecified atom stereocenters. The molecule has 5 nitrogen and oxygen atoms in total. The summed E-state index contributed by atoms with van der Waals surface area (Å²) in [6.45, 7) is 2.52. The first-order valence-corrected chi connectivity index (χ1v) is 6.24. The minimum absolute atomic E-state index is 0.00671. The highest BCUT2D eigenvalue weighted by atomic mass is 32.1. The van der Waals surface area contributed by atoms with Crippen molar-refractivity contribution in [3.63, 3.8) is 0 Å². The van der Waals surface area contributed by atoms with Crippen molar-refractivity contribution in [1.82, 2.24) is 4.98 Å². The third kappa shape index (κ3) is 2.48. The number of aromatic nitrogens is 1. The summed E-state index contributed by atoms with van der Waals surface area (Å²) in [5.41, 5.74) is 0.861. The van der Waals surface area contributed by atoms with Gasteiger partial charge in [0, 0.05) is 24.4 Å². The summed E-state index contributed by atoms with van der Waals surface area (Å²) in [5.74, 6) is -0.487. The van der Waals surface area contributed by atoms with Crippen LogP contribution in [-0.2, 0) is 9.53 Å². The number of hydrogen-bond acceptors (Lipinski definition) is 5. The van der Waals surface area contributed by atoms with Gasteiger partial charge in [-0.25, -0.2) is 4.79 Å². The van der Waals surface area contributed by atoms with Gasteiger partial charge in [-0.15, -0.1) is 0 Å². The van der Waals surface area contributed by atoms with Crippen LogP contribution in [0.1, 0.15) is 23.7 Å². The van der Waals surface area contributed by atoms with Crippen molar-refractivity contribution >= 4 is 30.2 Å². The van der Waals surface area contributed by atoms with E-state index in [4.69, 9.17) is 4.74 Å². The number of rotatable bonds is 3. The second-order valence-electron chi connectivity index (χ2n) is 3.98. The van der Waals surface area contributed by atoms with Crippen LogP contribution in [0.5, 0.6) is 0 Å². The van der Waals surface area contributed by atoms with Gasteiger partial charge in [0.15, 0.2) is 0 Å². The molecular formula is C12H14N2O3S. The Balaban J connectivity index is 2.33. The monoisotopic (exact) mass is 266 g/mol. The zero-order chi connectivity index (χ0) is 13.1. The van der Waals surface area contributed by atoms with Gasteiger partial charge in [0.25, 0.3) is 0 Å². The van der Waals surface area contributed by atoms with Gasteiger partial charge in [0.05, 0.1) is 24.1 Å². The van der Waals surface area contributed by atoms with Gasteiger partial charge < -0.3 is 9.64 Å². The lowest BCUT2D eigenvalue weighted by molar-refractivity contribution is -0.117. The first-order chi connectivity index (χ1) is 8.63. The van der Waals surface area contributed by atoms with Gasteiger partial charge in [0.1, 0.15) is 0 Å². The lowest BCUT2D eigenvalue weighted by atomic mass is 10.2. The van der Waals surface area contributed by atoms with Gasteiger partial charge in [-0.1, -0.05) is 0 Å². The van der Waals surface area contributed by atoms with E-state index in [0.29, 0.717) is 30.8 Å². The number of esters is 1. The largest absolute Gasteiger partial charge is 0.462 e. The Kier molecular flexibility index (Phi) is 3.86. The average molecular weight is 266 g/mol. The zero-order valence-electron chi connectivity index (χ0n) is 10.00. The standard InChI is InChI=1S/C12H14N2O3S/c1-2-17-12(16)9-3-4-13-6-10(9)14-7-8(18)5-11(14)15/h3-4,6,8,18H,2,5,7H2,1H3. The fourth-order valence-electron chi connectivity index (χ4n) is 1.90. The quantitative estimate of drug-likeness (QED) is 0.661. The Bertz CT molecular complexity index is 478. The summed E-state index contributed by atoms with van der Waals surface area (Å²) >= 11 is 4.29. The number of carbonyl (C=O) groups is 2. The number of hydrogen-bond donors (Lipinski definition) is 1. The maximum atomic E-state index is 11.8. The lowest BCUT2D eigenvalue weighted by Gasteiger charge is -2.18. The van der Waals surface area contributed by atoms with E-state index >= 15 is 0 Å². The van der Waals surface area contributed by atoms with Gasteiger partial charge in [0.2, 0.25) is 5.91 Å². The number of pyridine rings is 1. The molecule has 6 heteroatoms. The fraction of sp³-hybridized carbons (Fsp3) is 0.417. The van der Waals surface area contributed by atoms with E-state index in [-0.39, 0.29) is 11.2 Å². The predicted molar refractivity (Wildman–Crippen MR) is 69.9 cm³/mol. The molecule has 0 bridgehead atoms. The molecule has 0 N–H and O–H groups in total. The Morgan fingerprint density at radius 3 is 3.06 bits per heavy atom. The maximum absolute atomic E-state index is 11.8. The van der Waals surface area contributed by atoms with Crippen molar-refractivity contribution < 1.29 is 14.3 Å². The molecule has 96 valence electrons. The number of amides is 1. The lowest BCUT2D eigenvalue weighted by Crippen LogP contribution is -2.27. The minimum atomic E-state index is -0.440. The van der Waals surface area contributed by atoms with Crippen molar-refractivity contribution in [2.45, 2.75) is 18.6 Å². The van der Waals surface area contributed by atoms with Crippen molar-refractivity contribution in [1.29, 1.82) is 0 Å². The van der Waals surface area contributed by atoms with Crippen molar-refractivity contribution in [3.8, 4) is 0 Å². The highest BCUT2D eigenvalue weighted by Gasteiger charge is 2.31. The van der Waals surface area contributed by atoms with E-state index in [1.165, 1.54) is 17.3 Å². The molecule has 1 aliphatic heterocycles. The van der Waals surface area contributed by atoms with Crippen LogP contribution in [0, 0.1) is 0 Å².